The van der Waals surface area contributed by atoms with E-state index < -0.39 is 43.3 Å². The molecule has 4 N–H and O–H groups in total. The normalized spacial score (nSPS) is 10.4. The second kappa shape index (κ2) is 14.8. The summed E-state index contributed by atoms with van der Waals surface area (Å²) in [7, 11) is -1.22. The van der Waals surface area contributed by atoms with E-state index >= 15 is 0 Å². The number of para-hydroxylation sites is 4. The highest BCUT2D eigenvalue weighted by Gasteiger charge is 2.24. The minimum atomic E-state index is -0.645. The number of benzene rings is 3. The molecule has 12 heteroatoms. The van der Waals surface area contributed by atoms with Crippen molar-refractivity contribution in [3.05, 3.63) is 126 Å². The Kier molecular flexibility index (Phi) is 11.2. The highest BCUT2D eigenvalue weighted by atomic mass is 32.2. The van der Waals surface area contributed by atoms with Crippen LogP contribution in [0.3, 0.4) is 0 Å². The average Bonchev–Trinajstić information content (AvgIpc) is 2.97. The topological polar surface area (TPSA) is 151 Å². The Morgan fingerprint density at radius 1 is 0.405 bits per heavy atom. The molecule has 0 amide bonds. The van der Waals surface area contributed by atoms with Gasteiger partial charge in [0.2, 0.25) is 0 Å². The molecule has 10 nitrogen and oxygen atoms in total. The van der Waals surface area contributed by atoms with Gasteiger partial charge in [0, 0.05) is 58.0 Å². The zero-order valence-corrected chi connectivity index (χ0v) is 25.0. The molecule has 5 aromatic carbocycles. The molecule has 0 bridgehead atoms. The second-order valence-electron chi connectivity index (χ2n) is 9.08. The van der Waals surface area contributed by atoms with E-state index in [1.165, 1.54) is 0 Å². The molecule has 0 radical (unpaired) electrons. The molecule has 0 saturated heterocycles. The molecule has 0 heterocycles. The van der Waals surface area contributed by atoms with Crippen LogP contribution in [0.4, 0.5) is 45.5 Å². The van der Waals surface area contributed by atoms with Gasteiger partial charge >= 0.3 is 0 Å². The van der Waals surface area contributed by atoms with E-state index in [1.54, 1.807) is 73.6 Å². The summed E-state index contributed by atoms with van der Waals surface area (Å²) in [6.45, 7) is 0. The van der Waals surface area contributed by atoms with Gasteiger partial charge in [-0.25, -0.2) is 0 Å². The van der Waals surface area contributed by atoms with Crippen LogP contribution >= 0.6 is 0 Å². The molecule has 5 rings (SSSR count). The summed E-state index contributed by atoms with van der Waals surface area (Å²) in [5, 5.41) is 11.9. The molecular formula is C30H30N4O6S2. The van der Waals surface area contributed by atoms with Gasteiger partial charge in [-0.3, -0.25) is 27.6 Å². The Bertz CT molecular complexity index is 1700. The molecule has 0 aliphatic heterocycles. The maximum atomic E-state index is 12.3. The van der Waals surface area contributed by atoms with Crippen molar-refractivity contribution in [1.82, 2.24) is 0 Å². The lowest BCUT2D eigenvalue weighted by molar-refractivity contribution is 0.689. The van der Waals surface area contributed by atoms with E-state index in [0.29, 0.717) is 22.7 Å². The number of hydrogen-bond donors (Lipinski definition) is 4. The van der Waals surface area contributed by atoms with Gasteiger partial charge in [0.05, 0.1) is 11.4 Å². The molecule has 0 atom stereocenters. The fourth-order valence-corrected chi connectivity index (χ4v) is 3.56. The second-order valence-corrected chi connectivity index (χ2v) is 12.0. The Balaban J connectivity index is 0.000000540. The molecular weight excluding hydrogens is 576 g/mol. The lowest BCUT2D eigenvalue weighted by Gasteiger charge is -2.19. The van der Waals surface area contributed by atoms with E-state index in [2.05, 4.69) is 21.3 Å². The van der Waals surface area contributed by atoms with E-state index in [0.717, 1.165) is 0 Å². The minimum absolute atomic E-state index is 0.121. The number of rotatable bonds is 8. The molecule has 218 valence electrons. The van der Waals surface area contributed by atoms with Gasteiger partial charge in [-0.1, -0.05) is 48.5 Å². The molecule has 0 unspecified atom stereocenters. The van der Waals surface area contributed by atoms with Gasteiger partial charge in [0.1, 0.15) is 22.7 Å². The highest BCUT2D eigenvalue weighted by molar-refractivity contribution is 7.83. The zero-order chi connectivity index (χ0) is 30.8. The molecule has 0 aliphatic rings. The van der Waals surface area contributed by atoms with Crippen molar-refractivity contribution in [2.24, 2.45) is 0 Å². The quantitative estimate of drug-likeness (QED) is 0.192. The van der Waals surface area contributed by atoms with Crippen molar-refractivity contribution >= 4 is 67.1 Å². The van der Waals surface area contributed by atoms with Gasteiger partial charge in [-0.05, 0) is 36.4 Å². The molecule has 0 saturated carbocycles. The van der Waals surface area contributed by atoms with Gasteiger partial charge in [-0.2, -0.15) is 0 Å². The van der Waals surface area contributed by atoms with Crippen LogP contribution in [0.25, 0.3) is 0 Å². The fourth-order valence-electron chi connectivity index (χ4n) is 3.56. The van der Waals surface area contributed by atoms with Gasteiger partial charge < -0.3 is 21.3 Å². The Labute approximate surface area is 247 Å². The third-order valence-electron chi connectivity index (χ3n) is 5.35. The van der Waals surface area contributed by atoms with Crippen LogP contribution in [-0.2, 0) is 21.6 Å². The number of anilines is 8. The lowest BCUT2D eigenvalue weighted by Crippen LogP contribution is -2.36. The van der Waals surface area contributed by atoms with Crippen LogP contribution in [-0.4, -0.2) is 33.4 Å². The SMILES string of the molecule is CS(C)=O.CS(C)=O.O=c1c(Nc2ccccc2)c(Nc2ccccc2Nc2c(Nc3ccccc3)c(=O)c2=O)c1=O. The summed E-state index contributed by atoms with van der Waals surface area (Å²) in [6, 6.07) is 24.9. The molecule has 42 heavy (non-hydrogen) atoms. The van der Waals surface area contributed by atoms with E-state index in [4.69, 9.17) is 0 Å². The first kappa shape index (κ1) is 31.8. The van der Waals surface area contributed by atoms with Gasteiger partial charge in [-0.15, -0.1) is 0 Å². The van der Waals surface area contributed by atoms with Crippen LogP contribution in [0.2, 0.25) is 0 Å². The van der Waals surface area contributed by atoms with Crippen molar-refractivity contribution in [2.75, 3.05) is 46.3 Å². The first-order valence-electron chi connectivity index (χ1n) is 12.4. The van der Waals surface area contributed by atoms with Crippen LogP contribution in [0.5, 0.6) is 0 Å². The summed E-state index contributed by atoms with van der Waals surface area (Å²) in [4.78, 5) is 48.9. The summed E-state index contributed by atoms with van der Waals surface area (Å²) >= 11 is 0. The summed E-state index contributed by atoms with van der Waals surface area (Å²) in [5.41, 5.74) is 0.303. The minimum Gasteiger partial charge on any atom is -0.350 e. The van der Waals surface area contributed by atoms with E-state index in [-0.39, 0.29) is 22.7 Å². The molecule has 0 aromatic heterocycles. The van der Waals surface area contributed by atoms with Crippen LogP contribution in [0.15, 0.2) is 104 Å². The molecule has 5 aromatic rings. The molecule has 0 aliphatic carbocycles. The average molecular weight is 607 g/mol. The van der Waals surface area contributed by atoms with Crippen molar-refractivity contribution in [3.63, 3.8) is 0 Å². The first-order chi connectivity index (χ1) is 20.0. The van der Waals surface area contributed by atoms with Crippen molar-refractivity contribution in [2.45, 2.75) is 0 Å². The van der Waals surface area contributed by atoms with E-state index in [1.807, 2.05) is 36.4 Å². The number of hydrogen-bond acceptors (Lipinski definition) is 10. The highest BCUT2D eigenvalue weighted by Crippen LogP contribution is 2.32. The Hall–Kier alpha value is -4.68. The smallest absolute Gasteiger partial charge is 0.253 e. The van der Waals surface area contributed by atoms with Crippen LogP contribution < -0.4 is 43.0 Å². The summed E-state index contributed by atoms with van der Waals surface area (Å²) in [6.07, 6.45) is 6.56. The Morgan fingerprint density at radius 3 is 0.929 bits per heavy atom. The Morgan fingerprint density at radius 2 is 0.643 bits per heavy atom. The van der Waals surface area contributed by atoms with Gasteiger partial charge in [0.25, 0.3) is 21.7 Å². The first-order valence-corrected chi connectivity index (χ1v) is 16.4. The van der Waals surface area contributed by atoms with Crippen molar-refractivity contribution < 1.29 is 8.42 Å². The zero-order valence-electron chi connectivity index (χ0n) is 23.3. The molecule has 0 spiro atoms. The van der Waals surface area contributed by atoms with Gasteiger partial charge in [0.15, 0.2) is 0 Å². The largest absolute Gasteiger partial charge is 0.350 e. The number of nitrogens with one attached hydrogen (secondary N) is 4. The fraction of sp³-hybridized carbons (Fsp3) is 0.133. The predicted molar refractivity (Wildman–Crippen MR) is 175 cm³/mol. The third-order valence-corrected chi connectivity index (χ3v) is 5.35. The third kappa shape index (κ3) is 8.41. The van der Waals surface area contributed by atoms with Crippen LogP contribution in [0.1, 0.15) is 0 Å². The van der Waals surface area contributed by atoms with Crippen LogP contribution in [0, 0.1) is 0 Å². The lowest BCUT2D eigenvalue weighted by atomic mass is 10.1. The maximum Gasteiger partial charge on any atom is 0.253 e. The summed E-state index contributed by atoms with van der Waals surface area (Å²) in [5.74, 6) is 0. The summed E-state index contributed by atoms with van der Waals surface area (Å²) < 4.78 is 19.1. The van der Waals surface area contributed by atoms with Crippen molar-refractivity contribution in [3.8, 4) is 0 Å². The monoisotopic (exact) mass is 606 g/mol. The van der Waals surface area contributed by atoms with E-state index in [9.17, 15) is 27.6 Å². The molecule has 0 fully saturated rings. The maximum absolute atomic E-state index is 12.3. The predicted octanol–water partition coefficient (Wildman–Crippen LogP) is 3.84. The van der Waals surface area contributed by atoms with Crippen molar-refractivity contribution in [1.29, 1.82) is 0 Å². The standard InChI is InChI=1S/C26H18N4O4.2C2H6OS/c31-23-19(27-15-9-3-1-4-10-15)21(25(23)33)29-17-13-7-8-14-18(17)30-22-20(24(32)26(22)34)28-16-11-5-2-6-12-16;2*1-4(2)3/h1-14,27-30H;2*1-2H3.